The molecule has 0 radical (unpaired) electrons. The van der Waals surface area contributed by atoms with Gasteiger partial charge in [0.15, 0.2) is 24.6 Å². The molecule has 0 aromatic carbocycles. The van der Waals surface area contributed by atoms with E-state index in [0.717, 1.165) is 141 Å². The molecule has 12 heteroatoms. The maximum absolute atomic E-state index is 13.2. The van der Waals surface area contributed by atoms with Crippen molar-refractivity contribution in [3.63, 3.8) is 0 Å². The Bertz CT molecular complexity index is 1800. The molecule has 434 valence electrons. The Labute approximate surface area is 465 Å². The molecule has 1 saturated heterocycles. The number of ether oxygens (including phenoxy) is 5. The van der Waals surface area contributed by atoms with E-state index < -0.39 is 67.3 Å². The zero-order chi connectivity index (χ0) is 56.1. The smallest absolute Gasteiger partial charge is 0.335 e. The van der Waals surface area contributed by atoms with Gasteiger partial charge in [-0.15, -0.1) is 0 Å². The molecular weight excluding hydrogens is 973 g/mol. The van der Waals surface area contributed by atoms with Crippen LogP contribution in [0.5, 0.6) is 0 Å². The first kappa shape index (κ1) is 70.1. The first-order valence-corrected chi connectivity index (χ1v) is 29.5. The molecule has 0 bridgehead atoms. The molecule has 6 atom stereocenters. The van der Waals surface area contributed by atoms with Crippen molar-refractivity contribution < 1.29 is 58.2 Å². The Morgan fingerprint density at radius 2 is 0.844 bits per heavy atom. The van der Waals surface area contributed by atoms with Gasteiger partial charge in [0, 0.05) is 19.3 Å². The zero-order valence-electron chi connectivity index (χ0n) is 47.7. The second-order valence-corrected chi connectivity index (χ2v) is 19.5. The molecule has 6 unspecified atom stereocenters. The van der Waals surface area contributed by atoms with Gasteiger partial charge in [-0.3, -0.25) is 14.4 Å². The van der Waals surface area contributed by atoms with E-state index in [1.54, 1.807) is 0 Å². The molecule has 77 heavy (non-hydrogen) atoms. The Morgan fingerprint density at radius 3 is 1.31 bits per heavy atom. The summed E-state index contributed by atoms with van der Waals surface area (Å²) in [4.78, 5) is 51.1. The molecule has 12 nitrogen and oxygen atoms in total. The molecule has 1 aliphatic rings. The fraction of sp³-hybridized carbons (Fsp3) is 0.631. The van der Waals surface area contributed by atoms with Gasteiger partial charge in [0.25, 0.3) is 0 Å². The molecule has 0 spiro atoms. The number of unbranched alkanes of at least 4 members (excludes halogenated alkanes) is 14. The Morgan fingerprint density at radius 1 is 0.442 bits per heavy atom. The molecule has 0 aliphatic carbocycles. The minimum atomic E-state index is -1.92. The number of aliphatic hydroxyl groups excluding tert-OH is 2. The predicted octanol–water partition coefficient (Wildman–Crippen LogP) is 15.2. The van der Waals surface area contributed by atoms with E-state index >= 15 is 0 Å². The van der Waals surface area contributed by atoms with Crippen LogP contribution in [0.15, 0.2) is 122 Å². The lowest BCUT2D eigenvalue weighted by Crippen LogP contribution is -2.61. The van der Waals surface area contributed by atoms with Crippen LogP contribution in [0.4, 0.5) is 0 Å². The minimum absolute atomic E-state index is 0.0355. The number of aliphatic carboxylic acids is 1. The van der Waals surface area contributed by atoms with Crippen LogP contribution in [0.2, 0.25) is 0 Å². The third-order valence-electron chi connectivity index (χ3n) is 12.5. The summed E-state index contributed by atoms with van der Waals surface area (Å²) in [5, 5.41) is 31.4. The van der Waals surface area contributed by atoms with Crippen LogP contribution >= 0.6 is 0 Å². The van der Waals surface area contributed by atoms with E-state index in [9.17, 15) is 34.5 Å². The van der Waals surface area contributed by atoms with Crippen molar-refractivity contribution in [2.45, 2.75) is 250 Å². The van der Waals surface area contributed by atoms with Crippen molar-refractivity contribution in [3.8, 4) is 0 Å². The van der Waals surface area contributed by atoms with Crippen molar-refractivity contribution >= 4 is 23.9 Å². The molecule has 0 aromatic rings. The van der Waals surface area contributed by atoms with E-state index in [1.807, 2.05) is 12.2 Å². The maximum Gasteiger partial charge on any atom is 0.335 e. The average Bonchev–Trinajstić information content (AvgIpc) is 3.42. The molecule has 1 aliphatic heterocycles. The molecule has 0 amide bonds. The van der Waals surface area contributed by atoms with Gasteiger partial charge in [-0.05, 0) is 109 Å². The zero-order valence-corrected chi connectivity index (χ0v) is 47.7. The number of hydrogen-bond acceptors (Lipinski definition) is 11. The largest absolute Gasteiger partial charge is 0.479 e. The van der Waals surface area contributed by atoms with Gasteiger partial charge >= 0.3 is 23.9 Å². The molecule has 1 heterocycles. The predicted molar refractivity (Wildman–Crippen MR) is 312 cm³/mol. The van der Waals surface area contributed by atoms with Crippen LogP contribution in [-0.4, -0.2) is 89.2 Å². The Hall–Kier alpha value is -4.88. The number of hydrogen-bond donors (Lipinski definition) is 3. The SMILES string of the molecule is CC/C=C\C/C=C\C/C=C\C/C=C\C/C=C\C/C=C\CCC(=O)OCC(COC1OC(C(=O)O)C(O)C(O)C1OC(=O)CCCCCCC/C=C\CCCC)OC(=O)CCCCCCCCC/C=C\C/C=C\C/C=C\CC. The average molecular weight is 1080 g/mol. The summed E-state index contributed by atoms with van der Waals surface area (Å²) in [5.74, 6) is -3.27. The van der Waals surface area contributed by atoms with Crippen LogP contribution in [-0.2, 0) is 42.9 Å². The van der Waals surface area contributed by atoms with Crippen molar-refractivity contribution in [2.75, 3.05) is 13.2 Å². The van der Waals surface area contributed by atoms with Crippen molar-refractivity contribution in [3.05, 3.63) is 122 Å². The van der Waals surface area contributed by atoms with E-state index in [4.69, 9.17) is 23.7 Å². The highest BCUT2D eigenvalue weighted by Crippen LogP contribution is 2.26. The van der Waals surface area contributed by atoms with Crippen LogP contribution in [0.3, 0.4) is 0 Å². The third-order valence-corrected chi connectivity index (χ3v) is 12.5. The monoisotopic (exact) mass is 1070 g/mol. The van der Waals surface area contributed by atoms with Crippen LogP contribution in [0.1, 0.15) is 213 Å². The van der Waals surface area contributed by atoms with Gasteiger partial charge in [-0.1, -0.05) is 206 Å². The number of esters is 3. The van der Waals surface area contributed by atoms with Gasteiger partial charge in [-0.2, -0.15) is 0 Å². The normalized spacial score (nSPS) is 18.9. The standard InChI is InChI=1S/C65H102O12/c1-4-7-10-13-16-19-22-24-26-28-29-31-32-34-37-39-42-45-48-51-57(66)73-54-56(75-58(67)52-49-46-43-41-38-35-33-30-27-25-23-20-17-14-11-8-5-2)55-74-65-63(61(70)60(69)62(77-65)64(71)72)76-59(68)53-50-47-44-40-36-21-18-15-12-9-6-3/h7-8,10-11,15-20,24-27,29,31,34,37,42,45,56,60-63,65,69-70H,4-6,9,12-14,21-23,28,30,32-33,35-36,38-41,43-44,46-55H2,1-3H3,(H,71,72)/b10-7-,11-8-,18-15-,19-16-,20-17-,26-24-,27-25-,31-29-,37-34-,45-42-. The highest BCUT2D eigenvalue weighted by molar-refractivity contribution is 5.74. The number of allylic oxidation sites excluding steroid dienone is 20. The van der Waals surface area contributed by atoms with Gasteiger partial charge < -0.3 is 39.0 Å². The van der Waals surface area contributed by atoms with Gasteiger partial charge in [0.1, 0.15) is 18.8 Å². The number of carboxylic acid groups (broad SMARTS) is 1. The quantitative estimate of drug-likeness (QED) is 0.0228. The van der Waals surface area contributed by atoms with E-state index in [0.29, 0.717) is 19.3 Å². The number of rotatable bonds is 48. The second-order valence-electron chi connectivity index (χ2n) is 19.5. The van der Waals surface area contributed by atoms with Crippen molar-refractivity contribution in [1.29, 1.82) is 0 Å². The van der Waals surface area contributed by atoms with E-state index in [-0.39, 0.29) is 25.9 Å². The van der Waals surface area contributed by atoms with Gasteiger partial charge in [0.2, 0.25) is 0 Å². The van der Waals surface area contributed by atoms with Gasteiger partial charge in [-0.25, -0.2) is 4.79 Å². The number of aliphatic hydroxyl groups is 2. The summed E-state index contributed by atoms with van der Waals surface area (Å²) >= 11 is 0. The lowest BCUT2D eigenvalue weighted by atomic mass is 9.98. The molecule has 0 saturated carbocycles. The summed E-state index contributed by atoms with van der Waals surface area (Å²) in [7, 11) is 0. The summed E-state index contributed by atoms with van der Waals surface area (Å²) in [5.41, 5.74) is 0. The summed E-state index contributed by atoms with van der Waals surface area (Å²) in [6.45, 7) is 5.63. The van der Waals surface area contributed by atoms with Gasteiger partial charge in [0.05, 0.1) is 6.61 Å². The fourth-order valence-electron chi connectivity index (χ4n) is 8.03. The third kappa shape index (κ3) is 41.8. The Balaban J connectivity index is 2.75. The highest BCUT2D eigenvalue weighted by atomic mass is 16.7. The Kier molecular flexibility index (Phi) is 47.2. The molecule has 1 rings (SSSR count). The number of carbonyl (C=O) groups excluding carboxylic acids is 3. The lowest BCUT2D eigenvalue weighted by molar-refractivity contribution is -0.301. The fourth-order valence-corrected chi connectivity index (χ4v) is 8.03. The van der Waals surface area contributed by atoms with Crippen LogP contribution < -0.4 is 0 Å². The number of carboxylic acids is 1. The summed E-state index contributed by atoms with van der Waals surface area (Å²) < 4.78 is 28.3. The van der Waals surface area contributed by atoms with Crippen molar-refractivity contribution in [1.82, 2.24) is 0 Å². The molecule has 1 fully saturated rings. The first-order valence-electron chi connectivity index (χ1n) is 29.5. The molecular formula is C65H102O12. The topological polar surface area (TPSA) is 175 Å². The van der Waals surface area contributed by atoms with E-state index in [2.05, 4.69) is 130 Å². The summed E-state index contributed by atoms with van der Waals surface area (Å²) in [6, 6.07) is 0. The first-order chi connectivity index (χ1) is 37.6. The second kappa shape index (κ2) is 51.9. The minimum Gasteiger partial charge on any atom is -0.479 e. The molecule has 3 N–H and O–H groups in total. The maximum atomic E-state index is 13.2. The lowest BCUT2D eigenvalue weighted by Gasteiger charge is -2.40. The van der Waals surface area contributed by atoms with Crippen LogP contribution in [0, 0.1) is 0 Å². The molecule has 0 aromatic heterocycles. The number of carbonyl (C=O) groups is 4. The van der Waals surface area contributed by atoms with Crippen LogP contribution in [0.25, 0.3) is 0 Å². The highest BCUT2D eigenvalue weighted by Gasteiger charge is 2.50. The summed E-state index contributed by atoms with van der Waals surface area (Å²) in [6.07, 6.45) is 59.0. The van der Waals surface area contributed by atoms with Crippen molar-refractivity contribution in [2.24, 2.45) is 0 Å². The van der Waals surface area contributed by atoms with E-state index in [1.165, 1.54) is 12.8 Å².